The fourth-order valence-electron chi connectivity index (χ4n) is 2.78. The Balaban J connectivity index is 1.99. The van der Waals surface area contributed by atoms with E-state index in [1.165, 1.54) is 0 Å². The van der Waals surface area contributed by atoms with Crippen molar-refractivity contribution in [2.75, 3.05) is 6.61 Å². The molecule has 0 radical (unpaired) electrons. The Hall–Kier alpha value is -2.47. The highest BCUT2D eigenvalue weighted by Crippen LogP contribution is 2.29. The number of nitrogens with one attached hydrogen (secondary N) is 2. The summed E-state index contributed by atoms with van der Waals surface area (Å²) in [6.45, 7) is 6.22. The zero-order valence-electron chi connectivity index (χ0n) is 14.5. The van der Waals surface area contributed by atoms with Crippen LogP contribution in [0.3, 0.4) is 0 Å². The number of carbonyl (C=O) groups is 1. The van der Waals surface area contributed by atoms with Gasteiger partial charge >= 0.3 is 5.97 Å². The van der Waals surface area contributed by atoms with Gasteiger partial charge in [-0.1, -0.05) is 32.0 Å². The number of esters is 1. The molecule has 0 bridgehead atoms. The van der Waals surface area contributed by atoms with Crippen molar-refractivity contribution in [2.45, 2.75) is 26.8 Å². The lowest BCUT2D eigenvalue weighted by Gasteiger charge is -2.30. The van der Waals surface area contributed by atoms with Crippen molar-refractivity contribution < 1.29 is 9.53 Å². The third kappa shape index (κ3) is 3.79. The van der Waals surface area contributed by atoms with Crippen molar-refractivity contribution in [1.29, 1.82) is 0 Å². The maximum atomic E-state index is 12.6. The first kappa shape index (κ1) is 17.4. The Bertz CT molecular complexity index is 861. The minimum absolute atomic E-state index is 0.274. The first-order valence-electron chi connectivity index (χ1n) is 8.26. The Labute approximate surface area is 152 Å². The normalized spacial score (nSPS) is 17.4. The van der Waals surface area contributed by atoms with E-state index in [0.29, 0.717) is 23.0 Å². The highest BCUT2D eigenvalue weighted by atomic mass is 32.1. The summed E-state index contributed by atoms with van der Waals surface area (Å²) in [6, 6.07) is 9.51. The number of nitrogens with zero attached hydrogens (tertiary/aromatic N) is 1. The van der Waals surface area contributed by atoms with Crippen LogP contribution in [0, 0.1) is 5.92 Å². The summed E-state index contributed by atoms with van der Waals surface area (Å²) in [6.07, 6.45) is 1.77. The van der Waals surface area contributed by atoms with Gasteiger partial charge in [-0.2, -0.15) is 0 Å². The number of hydrogen-bond acceptors (Lipinski definition) is 4. The SMILES string of the molecule is CC1=C(C(=O)OCC(C)C)C(c2cnc3ccccc3c2)NC(=S)N1. The largest absolute Gasteiger partial charge is 0.462 e. The summed E-state index contributed by atoms with van der Waals surface area (Å²) < 4.78 is 5.45. The second kappa shape index (κ2) is 7.19. The highest BCUT2D eigenvalue weighted by Gasteiger charge is 2.31. The Morgan fingerprint density at radius 1 is 1.36 bits per heavy atom. The van der Waals surface area contributed by atoms with Crippen LogP contribution in [-0.4, -0.2) is 22.7 Å². The number of fused-ring (bicyclic) bond motifs is 1. The zero-order chi connectivity index (χ0) is 18.0. The van der Waals surface area contributed by atoms with Crippen LogP contribution >= 0.6 is 12.2 Å². The smallest absolute Gasteiger partial charge is 0.338 e. The predicted molar refractivity (Wildman–Crippen MR) is 102 cm³/mol. The molecule has 5 nitrogen and oxygen atoms in total. The molecular formula is C19H21N3O2S. The Morgan fingerprint density at radius 2 is 2.12 bits per heavy atom. The number of para-hydroxylation sites is 1. The molecule has 2 N–H and O–H groups in total. The van der Waals surface area contributed by atoms with Gasteiger partial charge in [-0.15, -0.1) is 0 Å². The van der Waals surface area contributed by atoms with Crippen LogP contribution in [0.25, 0.3) is 10.9 Å². The fraction of sp³-hybridized carbons (Fsp3) is 0.316. The van der Waals surface area contributed by atoms with Gasteiger partial charge in [0.25, 0.3) is 0 Å². The van der Waals surface area contributed by atoms with Gasteiger partial charge in [-0.3, -0.25) is 4.98 Å². The molecule has 1 aliphatic heterocycles. The van der Waals surface area contributed by atoms with E-state index >= 15 is 0 Å². The molecule has 1 atom stereocenters. The second-order valence-corrected chi connectivity index (χ2v) is 6.93. The minimum atomic E-state index is -0.384. The van der Waals surface area contributed by atoms with E-state index in [1.807, 2.05) is 51.1 Å². The summed E-state index contributed by atoms with van der Waals surface area (Å²) >= 11 is 5.27. The van der Waals surface area contributed by atoms with Crippen LogP contribution in [0.15, 0.2) is 47.8 Å². The lowest BCUT2D eigenvalue weighted by Crippen LogP contribution is -2.45. The third-order valence-electron chi connectivity index (χ3n) is 3.98. The van der Waals surface area contributed by atoms with E-state index in [1.54, 1.807) is 6.20 Å². The average molecular weight is 355 g/mol. The van der Waals surface area contributed by atoms with Crippen LogP contribution < -0.4 is 10.6 Å². The number of pyridine rings is 1. The monoisotopic (exact) mass is 355 g/mol. The van der Waals surface area contributed by atoms with E-state index in [4.69, 9.17) is 17.0 Å². The molecule has 1 unspecified atom stereocenters. The number of carbonyl (C=O) groups excluding carboxylic acids is 1. The molecule has 3 rings (SSSR count). The molecule has 6 heteroatoms. The highest BCUT2D eigenvalue weighted by molar-refractivity contribution is 7.80. The number of benzene rings is 1. The maximum Gasteiger partial charge on any atom is 0.338 e. The van der Waals surface area contributed by atoms with Crippen molar-refractivity contribution in [3.05, 3.63) is 53.4 Å². The molecule has 0 saturated heterocycles. The molecule has 2 heterocycles. The quantitative estimate of drug-likeness (QED) is 0.649. The van der Waals surface area contributed by atoms with Crippen molar-refractivity contribution in [3.63, 3.8) is 0 Å². The molecule has 25 heavy (non-hydrogen) atoms. The van der Waals surface area contributed by atoms with Gasteiger partial charge in [0.1, 0.15) is 0 Å². The molecule has 0 amide bonds. The van der Waals surface area contributed by atoms with Crippen LogP contribution in [-0.2, 0) is 9.53 Å². The van der Waals surface area contributed by atoms with Gasteiger partial charge in [-0.05, 0) is 42.8 Å². The molecule has 0 aliphatic carbocycles. The topological polar surface area (TPSA) is 63.2 Å². The van der Waals surface area contributed by atoms with Crippen molar-refractivity contribution in [3.8, 4) is 0 Å². The molecule has 1 aromatic carbocycles. The van der Waals surface area contributed by atoms with E-state index in [-0.39, 0.29) is 17.9 Å². The van der Waals surface area contributed by atoms with Gasteiger partial charge in [0.15, 0.2) is 5.11 Å². The first-order chi connectivity index (χ1) is 12.0. The summed E-state index contributed by atoms with van der Waals surface area (Å²) in [5, 5.41) is 7.68. The van der Waals surface area contributed by atoms with Gasteiger partial charge in [0.05, 0.1) is 23.7 Å². The van der Waals surface area contributed by atoms with E-state index in [0.717, 1.165) is 16.5 Å². The maximum absolute atomic E-state index is 12.6. The molecule has 0 fully saturated rings. The zero-order valence-corrected chi connectivity index (χ0v) is 15.3. The minimum Gasteiger partial charge on any atom is -0.462 e. The van der Waals surface area contributed by atoms with Gasteiger partial charge in [0.2, 0.25) is 0 Å². The van der Waals surface area contributed by atoms with Crippen LogP contribution in [0.5, 0.6) is 0 Å². The number of rotatable bonds is 4. The van der Waals surface area contributed by atoms with Gasteiger partial charge < -0.3 is 15.4 Å². The number of hydrogen-bond donors (Lipinski definition) is 2. The summed E-state index contributed by atoms with van der Waals surface area (Å²) in [5.74, 6) is -0.0666. The number of ether oxygens (including phenoxy) is 1. The van der Waals surface area contributed by atoms with E-state index < -0.39 is 0 Å². The molecule has 130 valence electrons. The molecule has 1 aromatic heterocycles. The Morgan fingerprint density at radius 3 is 2.88 bits per heavy atom. The summed E-state index contributed by atoms with van der Waals surface area (Å²) in [7, 11) is 0. The third-order valence-corrected chi connectivity index (χ3v) is 4.20. The van der Waals surface area contributed by atoms with E-state index in [9.17, 15) is 4.79 Å². The molecule has 2 aromatic rings. The van der Waals surface area contributed by atoms with Crippen LogP contribution in [0.4, 0.5) is 0 Å². The molecule has 0 spiro atoms. The summed E-state index contributed by atoms with van der Waals surface area (Å²) in [4.78, 5) is 17.1. The van der Waals surface area contributed by atoms with E-state index in [2.05, 4.69) is 15.6 Å². The lowest BCUT2D eigenvalue weighted by molar-refractivity contribution is -0.140. The van der Waals surface area contributed by atoms with Crippen LogP contribution in [0.1, 0.15) is 32.4 Å². The molecule has 1 aliphatic rings. The standard InChI is InChI=1S/C19H21N3O2S/c1-11(2)10-24-18(23)16-12(3)21-19(25)22-17(16)14-8-13-6-4-5-7-15(13)20-9-14/h4-9,11,17H,10H2,1-3H3,(H2,21,22,25). The predicted octanol–water partition coefficient (Wildman–Crippen LogP) is 3.23. The number of allylic oxidation sites excluding steroid dienone is 1. The Kier molecular flexibility index (Phi) is 4.99. The lowest BCUT2D eigenvalue weighted by atomic mass is 9.96. The number of aromatic nitrogens is 1. The summed E-state index contributed by atoms with van der Waals surface area (Å²) in [5.41, 5.74) is 3.02. The van der Waals surface area contributed by atoms with Crippen molar-refractivity contribution in [2.24, 2.45) is 5.92 Å². The van der Waals surface area contributed by atoms with Crippen molar-refractivity contribution >= 4 is 34.2 Å². The fourth-order valence-corrected chi connectivity index (χ4v) is 3.05. The number of thiocarbonyl (C=S) groups is 1. The van der Waals surface area contributed by atoms with Crippen molar-refractivity contribution in [1.82, 2.24) is 15.6 Å². The first-order valence-corrected chi connectivity index (χ1v) is 8.66. The van der Waals surface area contributed by atoms with Gasteiger partial charge in [0, 0.05) is 17.3 Å². The van der Waals surface area contributed by atoms with Gasteiger partial charge in [-0.25, -0.2) is 4.79 Å². The average Bonchev–Trinajstić information content (AvgIpc) is 2.58. The van der Waals surface area contributed by atoms with Crippen LogP contribution in [0.2, 0.25) is 0 Å². The second-order valence-electron chi connectivity index (χ2n) is 6.52. The molecule has 0 saturated carbocycles. The molecular weight excluding hydrogens is 334 g/mol.